The number of nitro groups is 1. The summed E-state index contributed by atoms with van der Waals surface area (Å²) in [6.45, 7) is 1.45. The smallest absolute Gasteiger partial charge is 0.323 e. The van der Waals surface area contributed by atoms with Crippen molar-refractivity contribution >= 4 is 56.6 Å². The lowest BCUT2D eigenvalue weighted by atomic mass is 10.1. The minimum Gasteiger partial charge on any atom is -0.490 e. The van der Waals surface area contributed by atoms with E-state index in [0.717, 1.165) is 0 Å². The molecule has 10 nitrogen and oxygen atoms in total. The number of carbonyl (C=O) groups excluding carboxylic acids is 2. The van der Waals surface area contributed by atoms with Crippen molar-refractivity contribution in [3.05, 3.63) is 67.0 Å². The van der Waals surface area contributed by atoms with Crippen molar-refractivity contribution in [2.45, 2.75) is 13.5 Å². The summed E-state index contributed by atoms with van der Waals surface area (Å²) in [6.07, 6.45) is 1.46. The maximum Gasteiger partial charge on any atom is 0.323 e. The van der Waals surface area contributed by atoms with E-state index in [4.69, 9.17) is 14.6 Å². The van der Waals surface area contributed by atoms with Crippen molar-refractivity contribution < 1.29 is 33.9 Å². The Kier molecular flexibility index (Phi) is 7.71. The predicted molar refractivity (Wildman–Crippen MR) is 123 cm³/mol. The number of nitro benzene ring substituents is 1. The molecule has 33 heavy (non-hydrogen) atoms. The number of hydrogen-bond donors (Lipinski definition) is 1. The number of carboxylic acids is 1. The van der Waals surface area contributed by atoms with Crippen molar-refractivity contribution in [3.63, 3.8) is 0 Å². The summed E-state index contributed by atoms with van der Waals surface area (Å²) >= 11 is 4.05. The number of carboxylic acid groups (broad SMARTS) is 1. The van der Waals surface area contributed by atoms with Gasteiger partial charge < -0.3 is 14.6 Å². The number of rotatable bonds is 9. The molecule has 12 heteroatoms. The van der Waals surface area contributed by atoms with Crippen LogP contribution in [0.3, 0.4) is 0 Å². The van der Waals surface area contributed by atoms with Crippen molar-refractivity contribution in [2.75, 3.05) is 13.2 Å². The maximum atomic E-state index is 12.4. The molecule has 1 aliphatic heterocycles. The van der Waals surface area contributed by atoms with Crippen LogP contribution in [0.2, 0.25) is 0 Å². The van der Waals surface area contributed by atoms with Gasteiger partial charge in [-0.2, -0.15) is 0 Å². The van der Waals surface area contributed by atoms with Gasteiger partial charge in [0.25, 0.3) is 16.8 Å². The summed E-state index contributed by atoms with van der Waals surface area (Å²) in [5, 5.41) is 19.2. The quantitative estimate of drug-likeness (QED) is 0.279. The van der Waals surface area contributed by atoms with Crippen molar-refractivity contribution in [1.82, 2.24) is 4.90 Å². The van der Waals surface area contributed by atoms with Gasteiger partial charge in [-0.1, -0.05) is 28.1 Å². The van der Waals surface area contributed by atoms with Gasteiger partial charge in [-0.05, 0) is 48.0 Å². The molecular formula is C21H17BrN2O8S. The first-order valence-corrected chi connectivity index (χ1v) is 11.1. The number of nitrogens with zero attached hydrogens (tertiary/aromatic N) is 2. The second-order valence-corrected chi connectivity index (χ2v) is 8.48. The number of hydrogen-bond acceptors (Lipinski definition) is 8. The number of carbonyl (C=O) groups is 3. The number of non-ortho nitro benzene ring substituents is 1. The monoisotopic (exact) mass is 536 g/mol. The molecule has 0 bridgehead atoms. The second kappa shape index (κ2) is 10.5. The van der Waals surface area contributed by atoms with Gasteiger partial charge in [0.15, 0.2) is 11.5 Å². The van der Waals surface area contributed by atoms with E-state index < -0.39 is 28.6 Å². The number of ether oxygens (including phenoxy) is 2. The third-order valence-electron chi connectivity index (χ3n) is 4.33. The third kappa shape index (κ3) is 5.90. The fourth-order valence-electron chi connectivity index (χ4n) is 2.88. The van der Waals surface area contributed by atoms with Gasteiger partial charge in [0.05, 0.1) is 16.4 Å². The van der Waals surface area contributed by atoms with E-state index in [-0.39, 0.29) is 17.2 Å². The van der Waals surface area contributed by atoms with E-state index in [0.29, 0.717) is 50.4 Å². The molecule has 0 unspecified atom stereocenters. The lowest BCUT2D eigenvalue weighted by Gasteiger charge is -2.14. The lowest BCUT2D eigenvalue weighted by Crippen LogP contribution is -2.33. The molecule has 0 aromatic heterocycles. The zero-order valence-electron chi connectivity index (χ0n) is 17.1. The van der Waals surface area contributed by atoms with Crippen LogP contribution in [-0.4, -0.2) is 45.2 Å². The van der Waals surface area contributed by atoms with Gasteiger partial charge in [-0.15, -0.1) is 0 Å². The van der Waals surface area contributed by atoms with E-state index >= 15 is 0 Å². The van der Waals surface area contributed by atoms with E-state index in [1.54, 1.807) is 31.2 Å². The highest BCUT2D eigenvalue weighted by Crippen LogP contribution is 2.38. The first kappa shape index (κ1) is 24.3. The molecule has 2 aromatic carbocycles. The molecule has 1 fully saturated rings. The van der Waals surface area contributed by atoms with Crippen LogP contribution < -0.4 is 9.47 Å². The zero-order valence-corrected chi connectivity index (χ0v) is 19.6. The van der Waals surface area contributed by atoms with E-state index in [1.165, 1.54) is 18.2 Å². The SMILES string of the molecule is CCOc1cc(/C=C2/SC(=O)N(CC(=O)O)C2=O)c(Br)cc1OCc1cccc([N+](=O)[O-])c1. The van der Waals surface area contributed by atoms with Crippen molar-refractivity contribution in [2.24, 2.45) is 0 Å². The Morgan fingerprint density at radius 3 is 2.64 bits per heavy atom. The number of aliphatic carboxylic acids is 1. The number of amides is 2. The molecule has 3 rings (SSSR count). The highest BCUT2D eigenvalue weighted by Gasteiger charge is 2.36. The van der Waals surface area contributed by atoms with Gasteiger partial charge >= 0.3 is 5.97 Å². The van der Waals surface area contributed by atoms with Crippen LogP contribution in [-0.2, 0) is 16.2 Å². The number of benzene rings is 2. The first-order chi connectivity index (χ1) is 15.7. The molecule has 0 radical (unpaired) electrons. The Morgan fingerprint density at radius 1 is 1.24 bits per heavy atom. The molecule has 0 spiro atoms. The van der Waals surface area contributed by atoms with Crippen LogP contribution in [0, 0.1) is 10.1 Å². The van der Waals surface area contributed by atoms with Crippen molar-refractivity contribution in [3.8, 4) is 11.5 Å². The Hall–Kier alpha value is -3.38. The van der Waals surface area contributed by atoms with Crippen molar-refractivity contribution in [1.29, 1.82) is 0 Å². The Morgan fingerprint density at radius 2 is 1.97 bits per heavy atom. The van der Waals surface area contributed by atoms with Crippen LogP contribution >= 0.6 is 27.7 Å². The van der Waals surface area contributed by atoms with Crippen LogP contribution in [0.15, 0.2) is 45.8 Å². The topological polar surface area (TPSA) is 136 Å². The Balaban J connectivity index is 1.85. The van der Waals surface area contributed by atoms with Crippen LogP contribution in [0.1, 0.15) is 18.1 Å². The average molecular weight is 537 g/mol. The molecule has 1 aliphatic rings. The molecule has 2 amide bonds. The molecule has 1 heterocycles. The minimum atomic E-state index is -1.29. The van der Waals surface area contributed by atoms with Crippen LogP contribution in [0.25, 0.3) is 6.08 Å². The van der Waals surface area contributed by atoms with E-state index in [2.05, 4.69) is 15.9 Å². The number of halogens is 1. The summed E-state index contributed by atoms with van der Waals surface area (Å²) in [5.74, 6) is -1.25. The normalized spacial score (nSPS) is 14.6. The standard InChI is InChI=1S/C21H17BrN2O8S/c1-2-31-16-7-13(8-18-20(27)23(10-19(25)26)21(28)33-18)15(22)9-17(16)32-11-12-4-3-5-14(6-12)24(29)30/h3-9H,2,10-11H2,1H3,(H,25,26)/b18-8+. The molecular weight excluding hydrogens is 520 g/mol. The summed E-state index contributed by atoms with van der Waals surface area (Å²) in [7, 11) is 0. The fourth-order valence-corrected chi connectivity index (χ4v) is 4.14. The largest absolute Gasteiger partial charge is 0.490 e. The fraction of sp³-hybridized carbons (Fsp3) is 0.190. The van der Waals surface area contributed by atoms with E-state index in [9.17, 15) is 24.5 Å². The first-order valence-electron chi connectivity index (χ1n) is 9.49. The molecule has 0 aliphatic carbocycles. The number of thioether (sulfide) groups is 1. The minimum absolute atomic E-state index is 0.0468. The number of imide groups is 1. The lowest BCUT2D eigenvalue weighted by molar-refractivity contribution is -0.384. The van der Waals surface area contributed by atoms with Crippen LogP contribution in [0.5, 0.6) is 11.5 Å². The molecule has 1 N–H and O–H groups in total. The van der Waals surface area contributed by atoms with E-state index in [1.807, 2.05) is 0 Å². The Labute approximate surface area is 200 Å². The summed E-state index contributed by atoms with van der Waals surface area (Å²) in [6, 6.07) is 9.30. The zero-order chi connectivity index (χ0) is 24.1. The third-order valence-corrected chi connectivity index (χ3v) is 5.93. The maximum absolute atomic E-state index is 12.4. The molecule has 2 aromatic rings. The van der Waals surface area contributed by atoms with Gasteiger partial charge in [0, 0.05) is 16.6 Å². The molecule has 1 saturated heterocycles. The molecule has 0 atom stereocenters. The average Bonchev–Trinajstić information content (AvgIpc) is 3.02. The van der Waals surface area contributed by atoms with Gasteiger partial charge in [0.2, 0.25) is 0 Å². The summed E-state index contributed by atoms with van der Waals surface area (Å²) in [4.78, 5) is 46.5. The second-order valence-electron chi connectivity index (χ2n) is 6.63. The highest BCUT2D eigenvalue weighted by atomic mass is 79.9. The highest BCUT2D eigenvalue weighted by molar-refractivity contribution is 9.10. The van der Waals surface area contributed by atoms with Gasteiger partial charge in [-0.25, -0.2) is 0 Å². The van der Waals surface area contributed by atoms with Gasteiger partial charge in [-0.3, -0.25) is 29.4 Å². The Bertz CT molecular complexity index is 1170. The molecule has 0 saturated carbocycles. The van der Waals surface area contributed by atoms with Crippen LogP contribution in [0.4, 0.5) is 10.5 Å². The summed E-state index contributed by atoms with van der Waals surface area (Å²) < 4.78 is 12.0. The predicted octanol–water partition coefficient (Wildman–Crippen LogP) is 4.46. The van der Waals surface area contributed by atoms with Gasteiger partial charge in [0.1, 0.15) is 13.2 Å². The molecule has 172 valence electrons. The summed E-state index contributed by atoms with van der Waals surface area (Å²) in [5.41, 5.74) is 1.07.